The topological polar surface area (TPSA) is 52.5 Å². The normalized spacial score (nSPS) is 12.2. The second kappa shape index (κ2) is 10.9. The number of anilines is 6. The maximum absolute atomic E-state index is 10.6. The quantitative estimate of drug-likeness (QED) is 0.219. The van der Waals surface area contributed by atoms with Gasteiger partial charge < -0.3 is 10.0 Å². The molecule has 8 rings (SSSR count). The third kappa shape index (κ3) is 4.56. The molecular formula is C41H32N4O. The molecule has 0 aliphatic carbocycles. The Kier molecular flexibility index (Phi) is 6.54. The van der Waals surface area contributed by atoms with Crippen molar-refractivity contribution in [1.29, 1.82) is 0 Å². The van der Waals surface area contributed by atoms with Gasteiger partial charge in [0.1, 0.15) is 17.1 Å². The van der Waals surface area contributed by atoms with Crippen molar-refractivity contribution in [1.82, 2.24) is 9.97 Å². The van der Waals surface area contributed by atoms with Crippen LogP contribution in [0, 0.1) is 20.8 Å². The summed E-state index contributed by atoms with van der Waals surface area (Å²) in [5.41, 5.74) is 13.6. The third-order valence-electron chi connectivity index (χ3n) is 8.76. The number of fused-ring (bicyclic) bond motifs is 3. The number of phenols is 1. The molecule has 5 heteroatoms. The van der Waals surface area contributed by atoms with Gasteiger partial charge in [-0.25, -0.2) is 9.97 Å². The van der Waals surface area contributed by atoms with Crippen LogP contribution < -0.4 is 9.80 Å². The van der Waals surface area contributed by atoms with E-state index in [0.29, 0.717) is 5.52 Å². The van der Waals surface area contributed by atoms with Gasteiger partial charge in [-0.15, -0.1) is 0 Å². The summed E-state index contributed by atoms with van der Waals surface area (Å²) in [4.78, 5) is 14.5. The first kappa shape index (κ1) is 27.6. The van der Waals surface area contributed by atoms with Crippen LogP contribution in [0.2, 0.25) is 0 Å². The van der Waals surface area contributed by atoms with Gasteiger partial charge in [0.2, 0.25) is 0 Å². The lowest BCUT2D eigenvalue weighted by Gasteiger charge is -2.41. The second-order valence-electron chi connectivity index (χ2n) is 11.9. The van der Waals surface area contributed by atoms with Crippen LogP contribution in [-0.2, 0) is 0 Å². The van der Waals surface area contributed by atoms with Gasteiger partial charge in [-0.05, 0) is 91.6 Å². The number of aryl methyl sites for hydroxylation is 3. The average molecular weight is 597 g/mol. The minimum absolute atomic E-state index is 0.172. The lowest BCUT2D eigenvalue weighted by Crippen LogP contribution is -2.25. The molecule has 0 saturated carbocycles. The molecule has 7 aromatic rings. The van der Waals surface area contributed by atoms with Gasteiger partial charge in [-0.3, -0.25) is 4.90 Å². The van der Waals surface area contributed by atoms with E-state index in [-0.39, 0.29) is 5.75 Å². The molecule has 5 nitrogen and oxygen atoms in total. The highest BCUT2D eigenvalue weighted by atomic mass is 16.3. The fraction of sp³-hybridized carbons (Fsp3) is 0.0732. The minimum Gasteiger partial charge on any atom is -0.506 e. The monoisotopic (exact) mass is 596 g/mol. The van der Waals surface area contributed by atoms with E-state index in [1.807, 2.05) is 36.5 Å². The first-order chi connectivity index (χ1) is 22.5. The van der Waals surface area contributed by atoms with Crippen molar-refractivity contribution in [3.63, 3.8) is 0 Å². The number of rotatable bonds is 4. The molecule has 5 aromatic carbocycles. The number of para-hydroxylation sites is 3. The maximum Gasteiger partial charge on any atom is 0.141 e. The zero-order chi connectivity index (χ0) is 31.4. The Bertz CT molecular complexity index is 2250. The molecular weight excluding hydrogens is 564 g/mol. The molecule has 0 saturated heterocycles. The maximum atomic E-state index is 10.6. The zero-order valence-electron chi connectivity index (χ0n) is 25.9. The summed E-state index contributed by atoms with van der Waals surface area (Å²) in [5, 5.41) is 11.5. The number of aromatic nitrogens is 2. The van der Waals surface area contributed by atoms with E-state index in [4.69, 9.17) is 9.97 Å². The standard InChI is InChI=1S/C41H32N4O/c1-26-22-27(2)41(28(3)23-26)45-35-14-8-7-13-34(35)44(39-25-31(20-21-42-39)29-10-5-4-6-11-29)37-24-32(17-19-36(37)45)33-18-16-30-12-9-15-38(46)40(30)43-33/h4-25,46H,1-3H3. The van der Waals surface area contributed by atoms with E-state index in [1.165, 1.54) is 22.4 Å². The summed E-state index contributed by atoms with van der Waals surface area (Å²) in [6.45, 7) is 6.53. The molecule has 0 atom stereocenters. The Morgan fingerprint density at radius 1 is 0.543 bits per heavy atom. The Labute approximate surface area is 268 Å². The number of hydrogen-bond donors (Lipinski definition) is 1. The van der Waals surface area contributed by atoms with Crippen molar-refractivity contribution in [3.05, 3.63) is 150 Å². The zero-order valence-corrected chi connectivity index (χ0v) is 25.9. The van der Waals surface area contributed by atoms with E-state index < -0.39 is 0 Å². The first-order valence-corrected chi connectivity index (χ1v) is 15.5. The van der Waals surface area contributed by atoms with Crippen molar-refractivity contribution in [2.45, 2.75) is 20.8 Å². The summed E-state index contributed by atoms with van der Waals surface area (Å²) in [6, 6.07) is 43.7. The molecule has 0 unspecified atom stereocenters. The van der Waals surface area contributed by atoms with Crippen LogP contribution in [0.4, 0.5) is 34.3 Å². The van der Waals surface area contributed by atoms with E-state index in [2.05, 4.69) is 122 Å². The van der Waals surface area contributed by atoms with Gasteiger partial charge in [0.25, 0.3) is 0 Å². The van der Waals surface area contributed by atoms with Gasteiger partial charge in [0.15, 0.2) is 0 Å². The highest BCUT2D eigenvalue weighted by molar-refractivity contribution is 6.03. The van der Waals surface area contributed by atoms with Gasteiger partial charge in [0, 0.05) is 17.1 Å². The summed E-state index contributed by atoms with van der Waals surface area (Å²) >= 11 is 0. The molecule has 46 heavy (non-hydrogen) atoms. The molecule has 1 aliphatic rings. The van der Waals surface area contributed by atoms with Crippen LogP contribution in [0.15, 0.2) is 134 Å². The summed E-state index contributed by atoms with van der Waals surface area (Å²) in [6.07, 6.45) is 1.89. The highest BCUT2D eigenvalue weighted by Crippen LogP contribution is 2.55. The third-order valence-corrected chi connectivity index (χ3v) is 8.76. The SMILES string of the molecule is Cc1cc(C)c(N2c3ccccc3N(c3cc(-c4ccccc4)ccn3)c3cc(-c4ccc5cccc(O)c5n4)ccc32)c(C)c1. The van der Waals surface area contributed by atoms with Crippen LogP contribution in [0.5, 0.6) is 5.75 Å². The van der Waals surface area contributed by atoms with Crippen molar-refractivity contribution in [2.24, 2.45) is 0 Å². The van der Waals surface area contributed by atoms with Crippen LogP contribution in [0.1, 0.15) is 16.7 Å². The Morgan fingerprint density at radius 2 is 1.26 bits per heavy atom. The highest BCUT2D eigenvalue weighted by Gasteiger charge is 2.33. The van der Waals surface area contributed by atoms with Crippen LogP contribution in [-0.4, -0.2) is 15.1 Å². The van der Waals surface area contributed by atoms with Crippen molar-refractivity contribution >= 4 is 45.2 Å². The van der Waals surface area contributed by atoms with Gasteiger partial charge in [-0.1, -0.05) is 84.4 Å². The van der Waals surface area contributed by atoms with E-state index in [9.17, 15) is 5.11 Å². The molecule has 0 amide bonds. The minimum atomic E-state index is 0.172. The van der Waals surface area contributed by atoms with E-state index in [0.717, 1.165) is 56.3 Å². The predicted molar refractivity (Wildman–Crippen MR) is 189 cm³/mol. The first-order valence-electron chi connectivity index (χ1n) is 15.5. The van der Waals surface area contributed by atoms with Gasteiger partial charge >= 0.3 is 0 Å². The fourth-order valence-electron chi connectivity index (χ4n) is 6.81. The lowest BCUT2D eigenvalue weighted by atomic mass is 9.98. The smallest absolute Gasteiger partial charge is 0.141 e. The Morgan fingerprint density at radius 3 is 2.04 bits per heavy atom. The molecule has 1 aliphatic heterocycles. The Hall–Kier alpha value is -5.94. The molecule has 0 spiro atoms. The van der Waals surface area contributed by atoms with Crippen LogP contribution >= 0.6 is 0 Å². The van der Waals surface area contributed by atoms with Gasteiger partial charge in [-0.2, -0.15) is 0 Å². The fourth-order valence-corrected chi connectivity index (χ4v) is 6.81. The van der Waals surface area contributed by atoms with Crippen molar-refractivity contribution in [2.75, 3.05) is 9.80 Å². The molecule has 0 radical (unpaired) electrons. The van der Waals surface area contributed by atoms with E-state index in [1.54, 1.807) is 6.07 Å². The largest absolute Gasteiger partial charge is 0.506 e. The predicted octanol–water partition coefficient (Wildman–Crippen LogP) is 10.8. The number of hydrogen-bond acceptors (Lipinski definition) is 5. The molecule has 1 N–H and O–H groups in total. The second-order valence-corrected chi connectivity index (χ2v) is 11.9. The molecule has 2 aromatic heterocycles. The molecule has 0 fully saturated rings. The Balaban J connectivity index is 1.39. The van der Waals surface area contributed by atoms with Crippen molar-refractivity contribution < 1.29 is 5.11 Å². The lowest BCUT2D eigenvalue weighted by molar-refractivity contribution is 0.480. The number of benzene rings is 5. The summed E-state index contributed by atoms with van der Waals surface area (Å²) < 4.78 is 0. The number of aromatic hydroxyl groups is 1. The van der Waals surface area contributed by atoms with Gasteiger partial charge in [0.05, 0.1) is 34.1 Å². The van der Waals surface area contributed by atoms with E-state index >= 15 is 0 Å². The number of phenolic OH excluding ortho intramolecular Hbond substituents is 1. The van der Waals surface area contributed by atoms with Crippen molar-refractivity contribution in [3.8, 4) is 28.1 Å². The van der Waals surface area contributed by atoms with Crippen LogP contribution in [0.3, 0.4) is 0 Å². The molecule has 222 valence electrons. The number of nitrogens with zero attached hydrogens (tertiary/aromatic N) is 4. The van der Waals surface area contributed by atoms with Crippen LogP contribution in [0.25, 0.3) is 33.3 Å². The average Bonchev–Trinajstić information content (AvgIpc) is 3.08. The summed E-state index contributed by atoms with van der Waals surface area (Å²) in [7, 11) is 0. The molecule has 3 heterocycles. The number of pyridine rings is 2. The summed E-state index contributed by atoms with van der Waals surface area (Å²) in [5.74, 6) is 1.000. The molecule has 0 bridgehead atoms.